The molecule has 0 spiro atoms. The van der Waals surface area contributed by atoms with E-state index in [1.54, 1.807) is 19.9 Å². The molecule has 1 amide bonds. The van der Waals surface area contributed by atoms with Crippen molar-refractivity contribution < 1.29 is 13.2 Å². The number of sulfone groups is 1. The third kappa shape index (κ3) is 4.01. The van der Waals surface area contributed by atoms with Crippen LogP contribution in [0.5, 0.6) is 0 Å². The van der Waals surface area contributed by atoms with Gasteiger partial charge in [0.05, 0.1) is 11.8 Å². The van der Waals surface area contributed by atoms with Gasteiger partial charge in [-0.05, 0) is 26.0 Å². The second-order valence-corrected chi connectivity index (χ2v) is 6.99. The first-order valence-electron chi connectivity index (χ1n) is 6.52. The Hall–Kier alpha value is -1.96. The maximum Gasteiger partial charge on any atom is 0.347 e. The van der Waals surface area contributed by atoms with E-state index in [1.165, 1.54) is 10.6 Å². The number of aryl methyl sites for hydroxylation is 2. The molecular formula is C13H17N3O4S. The molecule has 0 radical (unpaired) electrons. The van der Waals surface area contributed by atoms with Crippen molar-refractivity contribution in [1.29, 1.82) is 0 Å². The van der Waals surface area contributed by atoms with Crippen LogP contribution in [0.4, 0.5) is 0 Å². The molecule has 0 bridgehead atoms. The number of rotatable bonds is 4. The van der Waals surface area contributed by atoms with Crippen LogP contribution < -0.4 is 11.0 Å². The number of nitrogens with zero attached hydrogens (tertiary/aromatic N) is 2. The van der Waals surface area contributed by atoms with Crippen LogP contribution in [-0.2, 0) is 21.2 Å². The third-order valence-corrected chi connectivity index (χ3v) is 4.58. The lowest BCUT2D eigenvalue weighted by atomic mass is 10.3. The van der Waals surface area contributed by atoms with E-state index in [2.05, 4.69) is 10.3 Å². The zero-order valence-corrected chi connectivity index (χ0v) is 12.7. The number of carbonyl (C=O) groups excluding carboxylic acids is 1. The van der Waals surface area contributed by atoms with Gasteiger partial charge < -0.3 is 5.32 Å². The molecule has 1 aromatic rings. The monoisotopic (exact) mass is 311 g/mol. The Bertz CT molecular complexity index is 749. The summed E-state index contributed by atoms with van der Waals surface area (Å²) in [4.78, 5) is 27.3. The topological polar surface area (TPSA) is 98.1 Å². The third-order valence-electron chi connectivity index (χ3n) is 3.19. The Morgan fingerprint density at radius 2 is 2.19 bits per heavy atom. The zero-order valence-electron chi connectivity index (χ0n) is 11.9. The molecule has 0 unspecified atom stereocenters. The number of aromatic nitrogens is 2. The Kier molecular flexibility index (Phi) is 4.26. The van der Waals surface area contributed by atoms with Gasteiger partial charge in [-0.2, -0.15) is 4.98 Å². The van der Waals surface area contributed by atoms with Crippen molar-refractivity contribution in [3.8, 4) is 0 Å². The van der Waals surface area contributed by atoms with Crippen molar-refractivity contribution in [2.75, 3.05) is 5.75 Å². The van der Waals surface area contributed by atoms with Crippen LogP contribution in [0.1, 0.15) is 17.8 Å². The van der Waals surface area contributed by atoms with E-state index in [4.69, 9.17) is 0 Å². The minimum atomic E-state index is -3.19. The quantitative estimate of drug-likeness (QED) is 0.821. The first kappa shape index (κ1) is 15.4. The zero-order chi connectivity index (χ0) is 15.6. The molecule has 0 aliphatic carbocycles. The summed E-state index contributed by atoms with van der Waals surface area (Å²) in [5.41, 5.74) is 0.992. The lowest BCUT2D eigenvalue weighted by molar-refractivity contribution is -0.121. The van der Waals surface area contributed by atoms with Crippen LogP contribution in [-0.4, -0.2) is 35.7 Å². The Morgan fingerprint density at radius 3 is 2.76 bits per heavy atom. The minimum Gasteiger partial charge on any atom is -0.349 e. The van der Waals surface area contributed by atoms with Crippen LogP contribution >= 0.6 is 0 Å². The molecule has 114 valence electrons. The number of hydrogen-bond acceptors (Lipinski definition) is 5. The summed E-state index contributed by atoms with van der Waals surface area (Å²) in [5.74, 6) is -0.405. The van der Waals surface area contributed by atoms with E-state index in [9.17, 15) is 18.0 Å². The normalized spacial score (nSPS) is 19.6. The molecule has 1 aliphatic heterocycles. The SMILES string of the molecule is Cc1cc(C)n(CCC(=O)N[C@H]2C=CS(=O)(=O)C2)c(=O)n1. The van der Waals surface area contributed by atoms with Gasteiger partial charge >= 0.3 is 5.69 Å². The standard InChI is InChI=1S/C13H17N3O4S/c1-9-7-10(2)16(13(18)14-9)5-3-12(17)15-11-4-6-21(19,20)8-11/h4,6-7,11H,3,5,8H2,1-2H3,(H,15,17)/t11-/m0/s1. The average Bonchev–Trinajstić information content (AvgIpc) is 2.67. The highest BCUT2D eigenvalue weighted by Gasteiger charge is 2.22. The van der Waals surface area contributed by atoms with Gasteiger partial charge in [0.2, 0.25) is 5.91 Å². The molecule has 0 saturated heterocycles. The summed E-state index contributed by atoms with van der Waals surface area (Å²) in [6.45, 7) is 3.73. The Balaban J connectivity index is 1.94. The molecule has 1 aromatic heterocycles. The van der Waals surface area contributed by atoms with Crippen molar-refractivity contribution in [3.05, 3.63) is 39.4 Å². The molecule has 1 N–H and O–H groups in total. The van der Waals surface area contributed by atoms with Crippen molar-refractivity contribution >= 4 is 15.7 Å². The summed E-state index contributed by atoms with van der Waals surface area (Å²) in [6, 6.07) is 1.28. The fourth-order valence-electron chi connectivity index (χ4n) is 2.20. The molecule has 0 fully saturated rings. The molecule has 7 nitrogen and oxygen atoms in total. The largest absolute Gasteiger partial charge is 0.349 e. The van der Waals surface area contributed by atoms with E-state index in [1.807, 2.05) is 0 Å². The van der Waals surface area contributed by atoms with Crippen molar-refractivity contribution in [2.45, 2.75) is 32.9 Å². The van der Waals surface area contributed by atoms with E-state index < -0.39 is 15.9 Å². The van der Waals surface area contributed by atoms with Crippen molar-refractivity contribution in [3.63, 3.8) is 0 Å². The van der Waals surface area contributed by atoms with E-state index in [0.717, 1.165) is 11.1 Å². The number of hydrogen-bond donors (Lipinski definition) is 1. The molecule has 0 aromatic carbocycles. The number of carbonyl (C=O) groups is 1. The highest BCUT2D eigenvalue weighted by atomic mass is 32.2. The number of nitrogens with one attached hydrogen (secondary N) is 1. The fraction of sp³-hybridized carbons (Fsp3) is 0.462. The van der Waals surface area contributed by atoms with Gasteiger partial charge in [0, 0.05) is 29.8 Å². The van der Waals surface area contributed by atoms with Gasteiger partial charge in [0.1, 0.15) is 0 Å². The van der Waals surface area contributed by atoms with Gasteiger partial charge in [-0.25, -0.2) is 13.2 Å². The van der Waals surface area contributed by atoms with Crippen molar-refractivity contribution in [2.24, 2.45) is 0 Å². The number of amides is 1. The summed E-state index contributed by atoms with van der Waals surface area (Å²) in [6.07, 6.45) is 1.55. The van der Waals surface area contributed by atoms with Gasteiger partial charge in [-0.3, -0.25) is 9.36 Å². The minimum absolute atomic E-state index is 0.0931. The molecule has 1 atom stereocenters. The maximum absolute atomic E-state index is 11.8. The summed E-state index contributed by atoms with van der Waals surface area (Å²) >= 11 is 0. The molecule has 0 saturated carbocycles. The first-order valence-corrected chi connectivity index (χ1v) is 8.24. The first-order chi connectivity index (χ1) is 9.77. The Morgan fingerprint density at radius 1 is 1.48 bits per heavy atom. The molecule has 21 heavy (non-hydrogen) atoms. The van der Waals surface area contributed by atoms with Gasteiger partial charge in [0.25, 0.3) is 0 Å². The fourth-order valence-corrected chi connectivity index (χ4v) is 3.44. The highest BCUT2D eigenvalue weighted by molar-refractivity contribution is 7.94. The van der Waals surface area contributed by atoms with Gasteiger partial charge in [-0.15, -0.1) is 0 Å². The maximum atomic E-state index is 11.8. The summed E-state index contributed by atoms with van der Waals surface area (Å²) in [7, 11) is -3.19. The van der Waals surface area contributed by atoms with Gasteiger partial charge in [0.15, 0.2) is 9.84 Å². The van der Waals surface area contributed by atoms with Gasteiger partial charge in [-0.1, -0.05) is 0 Å². The van der Waals surface area contributed by atoms with Crippen LogP contribution in [0, 0.1) is 13.8 Å². The summed E-state index contributed by atoms with van der Waals surface area (Å²) < 4.78 is 23.9. The lowest BCUT2D eigenvalue weighted by Crippen LogP contribution is -2.36. The molecule has 1 aliphatic rings. The lowest BCUT2D eigenvalue weighted by Gasteiger charge is -2.12. The molecule has 2 rings (SSSR count). The van der Waals surface area contributed by atoms with Crippen molar-refractivity contribution in [1.82, 2.24) is 14.9 Å². The smallest absolute Gasteiger partial charge is 0.347 e. The summed E-state index contributed by atoms with van der Waals surface area (Å²) in [5, 5.41) is 3.72. The molecular weight excluding hydrogens is 294 g/mol. The average molecular weight is 311 g/mol. The van der Waals surface area contributed by atoms with E-state index >= 15 is 0 Å². The predicted molar refractivity (Wildman–Crippen MR) is 77.4 cm³/mol. The predicted octanol–water partition coefficient (Wildman–Crippen LogP) is -0.323. The van der Waals surface area contributed by atoms with Crippen LogP contribution in [0.3, 0.4) is 0 Å². The second kappa shape index (κ2) is 5.80. The Labute approximate surface area is 122 Å². The highest BCUT2D eigenvalue weighted by Crippen LogP contribution is 2.08. The van der Waals surface area contributed by atoms with E-state index in [0.29, 0.717) is 5.69 Å². The van der Waals surface area contributed by atoms with Crippen LogP contribution in [0.2, 0.25) is 0 Å². The van der Waals surface area contributed by atoms with E-state index in [-0.39, 0.29) is 30.3 Å². The molecule has 2 heterocycles. The van der Waals surface area contributed by atoms with Crippen LogP contribution in [0.15, 0.2) is 22.3 Å². The van der Waals surface area contributed by atoms with Crippen LogP contribution in [0.25, 0.3) is 0 Å². The second-order valence-electron chi connectivity index (χ2n) is 5.06. The molecule has 8 heteroatoms.